The zero-order valence-electron chi connectivity index (χ0n) is 10.0. The van der Waals surface area contributed by atoms with E-state index in [1.165, 1.54) is 0 Å². The second-order valence-electron chi connectivity index (χ2n) is 3.67. The highest BCUT2D eigenvalue weighted by atomic mass is 16.5. The quantitative estimate of drug-likeness (QED) is 0.663. The van der Waals surface area contributed by atoms with E-state index in [1.807, 2.05) is 0 Å². The van der Waals surface area contributed by atoms with Gasteiger partial charge in [0.15, 0.2) is 0 Å². The first-order valence-electron chi connectivity index (χ1n) is 5.33. The van der Waals surface area contributed by atoms with E-state index in [9.17, 15) is 0 Å². The van der Waals surface area contributed by atoms with Crippen molar-refractivity contribution in [3.63, 3.8) is 0 Å². The summed E-state index contributed by atoms with van der Waals surface area (Å²) in [6, 6.07) is 0.397. The first-order valence-corrected chi connectivity index (χ1v) is 5.33. The van der Waals surface area contributed by atoms with Gasteiger partial charge in [-0.3, -0.25) is 0 Å². The summed E-state index contributed by atoms with van der Waals surface area (Å²) < 4.78 is 15.5. The molecule has 0 saturated carbocycles. The molecular weight excluding hydrogens is 210 g/mol. The van der Waals surface area contributed by atoms with Crippen molar-refractivity contribution in [1.82, 2.24) is 15.5 Å². The average molecular weight is 229 g/mol. The molecule has 6 nitrogen and oxygen atoms in total. The Morgan fingerprint density at radius 2 is 2.00 bits per heavy atom. The van der Waals surface area contributed by atoms with Crippen molar-refractivity contribution in [2.24, 2.45) is 0 Å². The highest BCUT2D eigenvalue weighted by molar-refractivity contribution is 4.80. The summed E-state index contributed by atoms with van der Waals surface area (Å²) >= 11 is 0. The first kappa shape index (κ1) is 13.1. The summed E-state index contributed by atoms with van der Waals surface area (Å²) in [5, 5.41) is 11.0. The Bertz CT molecular complexity index is 289. The minimum absolute atomic E-state index is 0.331. The fraction of sp³-hybridized carbons (Fsp3) is 0.800. The maximum atomic E-state index is 5.36. The monoisotopic (exact) mass is 229 g/mol. The molecule has 1 aromatic heterocycles. The Labute approximate surface area is 95.3 Å². The van der Waals surface area contributed by atoms with Crippen molar-refractivity contribution >= 4 is 0 Å². The van der Waals surface area contributed by atoms with Gasteiger partial charge in [0.1, 0.15) is 6.61 Å². The lowest BCUT2D eigenvalue weighted by Crippen LogP contribution is -2.21. The molecule has 0 fully saturated rings. The van der Waals surface area contributed by atoms with Crippen LogP contribution in [0.2, 0.25) is 0 Å². The van der Waals surface area contributed by atoms with E-state index >= 15 is 0 Å². The summed E-state index contributed by atoms with van der Waals surface area (Å²) in [4.78, 5) is 0. The molecule has 0 amide bonds. The summed E-state index contributed by atoms with van der Waals surface area (Å²) in [6.07, 6.45) is 0. The summed E-state index contributed by atoms with van der Waals surface area (Å²) in [7, 11) is 1.63. The second kappa shape index (κ2) is 7.32. The van der Waals surface area contributed by atoms with Gasteiger partial charge in [0.25, 0.3) is 0 Å². The van der Waals surface area contributed by atoms with Crippen LogP contribution in [0.1, 0.15) is 25.6 Å². The van der Waals surface area contributed by atoms with Crippen LogP contribution in [0.25, 0.3) is 0 Å². The predicted octanol–water partition coefficient (Wildman–Crippen LogP) is 0.731. The van der Waals surface area contributed by atoms with Crippen LogP contribution in [0.15, 0.2) is 4.42 Å². The molecular formula is C10H19N3O3. The van der Waals surface area contributed by atoms with Crippen LogP contribution < -0.4 is 5.32 Å². The van der Waals surface area contributed by atoms with Gasteiger partial charge < -0.3 is 19.2 Å². The van der Waals surface area contributed by atoms with Crippen LogP contribution in [0.5, 0.6) is 0 Å². The molecule has 1 aromatic rings. The van der Waals surface area contributed by atoms with Crippen LogP contribution >= 0.6 is 0 Å². The first-order chi connectivity index (χ1) is 7.72. The van der Waals surface area contributed by atoms with Crippen LogP contribution in [0.4, 0.5) is 0 Å². The number of aromatic nitrogens is 2. The normalized spacial score (nSPS) is 11.2. The molecule has 6 heteroatoms. The smallest absolute Gasteiger partial charge is 0.242 e. The number of hydrogen-bond donors (Lipinski definition) is 1. The number of methoxy groups -OCH3 is 1. The largest absolute Gasteiger partial charge is 0.421 e. The van der Waals surface area contributed by atoms with E-state index in [1.54, 1.807) is 7.11 Å². The van der Waals surface area contributed by atoms with Gasteiger partial charge >= 0.3 is 0 Å². The van der Waals surface area contributed by atoms with Crippen molar-refractivity contribution in [3.8, 4) is 0 Å². The third kappa shape index (κ3) is 5.20. The lowest BCUT2D eigenvalue weighted by Gasteiger charge is -2.03. The fourth-order valence-electron chi connectivity index (χ4n) is 1.01. The average Bonchev–Trinajstić information content (AvgIpc) is 2.70. The Balaban J connectivity index is 2.22. The molecule has 0 unspecified atom stereocenters. The molecule has 1 N–H and O–H groups in total. The Morgan fingerprint density at radius 3 is 2.69 bits per heavy atom. The van der Waals surface area contributed by atoms with Crippen LogP contribution in [0.3, 0.4) is 0 Å². The van der Waals surface area contributed by atoms with Crippen molar-refractivity contribution in [1.29, 1.82) is 0 Å². The van der Waals surface area contributed by atoms with Crippen molar-refractivity contribution < 1.29 is 13.9 Å². The molecule has 0 saturated heterocycles. The van der Waals surface area contributed by atoms with Gasteiger partial charge in [-0.1, -0.05) is 13.8 Å². The number of rotatable bonds is 8. The van der Waals surface area contributed by atoms with E-state index in [0.717, 1.165) is 0 Å². The lowest BCUT2D eigenvalue weighted by atomic mass is 10.4. The molecule has 0 aromatic carbocycles. The number of hydrogen-bond acceptors (Lipinski definition) is 6. The highest BCUT2D eigenvalue weighted by Gasteiger charge is 2.06. The summed E-state index contributed by atoms with van der Waals surface area (Å²) in [5.74, 6) is 1.08. The van der Waals surface area contributed by atoms with Gasteiger partial charge in [-0.25, -0.2) is 0 Å². The van der Waals surface area contributed by atoms with Gasteiger partial charge in [0.2, 0.25) is 11.8 Å². The predicted molar refractivity (Wildman–Crippen MR) is 57.8 cm³/mol. The third-order valence-electron chi connectivity index (χ3n) is 1.83. The Kier molecular flexibility index (Phi) is 5.99. The number of ether oxygens (including phenoxy) is 2. The molecule has 0 atom stereocenters. The summed E-state index contributed by atoms with van der Waals surface area (Å²) in [5.41, 5.74) is 0. The second-order valence-corrected chi connectivity index (χ2v) is 3.67. The van der Waals surface area contributed by atoms with Crippen molar-refractivity contribution in [3.05, 3.63) is 11.8 Å². The molecule has 0 aliphatic carbocycles. The van der Waals surface area contributed by atoms with Gasteiger partial charge in [-0.05, 0) is 0 Å². The molecule has 0 radical (unpaired) electrons. The van der Waals surface area contributed by atoms with E-state index in [4.69, 9.17) is 13.9 Å². The minimum atomic E-state index is 0.331. The van der Waals surface area contributed by atoms with Gasteiger partial charge in [0, 0.05) is 13.2 Å². The third-order valence-corrected chi connectivity index (χ3v) is 1.83. The van der Waals surface area contributed by atoms with E-state index in [2.05, 4.69) is 29.4 Å². The summed E-state index contributed by atoms with van der Waals surface area (Å²) in [6.45, 7) is 6.13. The van der Waals surface area contributed by atoms with E-state index < -0.39 is 0 Å². The standard InChI is InChI=1S/C10H19N3O3/c1-8(2)11-6-9-12-13-10(16-9)7-15-5-4-14-3/h8,11H,4-7H2,1-3H3. The molecule has 92 valence electrons. The van der Waals surface area contributed by atoms with Gasteiger partial charge in [0.05, 0.1) is 19.8 Å². The molecule has 0 bridgehead atoms. The maximum absolute atomic E-state index is 5.36. The number of nitrogens with zero attached hydrogens (tertiary/aromatic N) is 2. The highest BCUT2D eigenvalue weighted by Crippen LogP contribution is 2.01. The molecule has 0 spiro atoms. The maximum Gasteiger partial charge on any atom is 0.242 e. The fourth-order valence-corrected chi connectivity index (χ4v) is 1.01. The molecule has 1 rings (SSSR count). The van der Waals surface area contributed by atoms with Crippen LogP contribution in [-0.2, 0) is 22.6 Å². The van der Waals surface area contributed by atoms with E-state index in [0.29, 0.717) is 44.2 Å². The van der Waals surface area contributed by atoms with Crippen molar-refractivity contribution in [2.45, 2.75) is 33.0 Å². The zero-order chi connectivity index (χ0) is 11.8. The molecule has 1 heterocycles. The minimum Gasteiger partial charge on any atom is -0.421 e. The molecule has 0 aliphatic rings. The van der Waals surface area contributed by atoms with Gasteiger partial charge in [-0.2, -0.15) is 0 Å². The number of nitrogens with one attached hydrogen (secondary N) is 1. The SMILES string of the molecule is COCCOCc1nnc(CNC(C)C)o1. The van der Waals surface area contributed by atoms with Crippen molar-refractivity contribution in [2.75, 3.05) is 20.3 Å². The lowest BCUT2D eigenvalue weighted by molar-refractivity contribution is 0.0512. The molecule has 16 heavy (non-hydrogen) atoms. The topological polar surface area (TPSA) is 69.4 Å². The van der Waals surface area contributed by atoms with Gasteiger partial charge in [-0.15, -0.1) is 10.2 Å². The van der Waals surface area contributed by atoms with Crippen LogP contribution in [0, 0.1) is 0 Å². The zero-order valence-corrected chi connectivity index (χ0v) is 10.0. The van der Waals surface area contributed by atoms with Crippen LogP contribution in [-0.4, -0.2) is 36.6 Å². The Morgan fingerprint density at radius 1 is 1.25 bits per heavy atom. The van der Waals surface area contributed by atoms with E-state index in [-0.39, 0.29) is 0 Å². The Hall–Kier alpha value is -0.980. The molecule has 0 aliphatic heterocycles.